The molecular weight excluding hydrogens is 324 g/mol. The van der Waals surface area contributed by atoms with Crippen LogP contribution in [-0.2, 0) is 10.0 Å². The molecule has 0 bridgehead atoms. The van der Waals surface area contributed by atoms with Gasteiger partial charge in [-0.25, -0.2) is 8.42 Å². The summed E-state index contributed by atoms with van der Waals surface area (Å²) in [5.74, 6) is 0.801. The van der Waals surface area contributed by atoms with Crippen molar-refractivity contribution in [1.82, 2.24) is 9.62 Å². The maximum absolute atomic E-state index is 12.7. The molecule has 2 heterocycles. The average Bonchev–Trinajstić information content (AvgIpc) is 3.08. The molecule has 3 rings (SSSR count). The Balaban J connectivity index is 0.00000176. The van der Waals surface area contributed by atoms with Gasteiger partial charge in [0, 0.05) is 25.1 Å². The summed E-state index contributed by atoms with van der Waals surface area (Å²) in [5, 5.41) is 3.30. The third-order valence-electron chi connectivity index (χ3n) is 4.47. The molecule has 5 nitrogen and oxygen atoms in total. The van der Waals surface area contributed by atoms with E-state index in [0.29, 0.717) is 36.9 Å². The van der Waals surface area contributed by atoms with Crippen LogP contribution in [0.2, 0.25) is 0 Å². The summed E-state index contributed by atoms with van der Waals surface area (Å²) in [6, 6.07) is 6.41. The molecule has 0 unspecified atom stereocenters. The molecule has 2 aliphatic rings. The molecule has 1 N–H and O–H groups in total. The second kappa shape index (κ2) is 6.66. The molecule has 2 atom stereocenters. The molecule has 1 aromatic carbocycles. The van der Waals surface area contributed by atoms with Crippen molar-refractivity contribution in [2.24, 2.45) is 11.8 Å². The molecule has 0 saturated carbocycles. The number of hydrogen-bond acceptors (Lipinski definition) is 4. The van der Waals surface area contributed by atoms with Crippen LogP contribution < -0.4 is 5.32 Å². The maximum atomic E-state index is 12.7. The van der Waals surface area contributed by atoms with Crippen molar-refractivity contribution in [2.45, 2.75) is 18.2 Å². The average molecular weight is 345 g/mol. The Morgan fingerprint density at radius 1 is 1.27 bits per heavy atom. The fraction of sp³-hybridized carbons (Fsp3) is 0.533. The first kappa shape index (κ1) is 17.4. The summed E-state index contributed by atoms with van der Waals surface area (Å²) in [7, 11) is -3.49. The first-order chi connectivity index (χ1) is 10.0. The van der Waals surface area contributed by atoms with Gasteiger partial charge in [0.2, 0.25) is 10.0 Å². The zero-order valence-corrected chi connectivity index (χ0v) is 14.1. The summed E-state index contributed by atoms with van der Waals surface area (Å²) >= 11 is 0. The van der Waals surface area contributed by atoms with Gasteiger partial charge in [-0.1, -0.05) is 19.1 Å². The Labute approximate surface area is 137 Å². The molecular formula is C15H21ClN2O3S. The Kier molecular flexibility index (Phi) is 5.27. The number of ketones is 1. The lowest BCUT2D eigenvalue weighted by molar-refractivity contribution is 0.0988. The fourth-order valence-electron chi connectivity index (χ4n) is 3.19. The highest BCUT2D eigenvalue weighted by Crippen LogP contribution is 2.31. The Hall–Kier alpha value is -0.950. The predicted molar refractivity (Wildman–Crippen MR) is 86.9 cm³/mol. The number of fused-ring (bicyclic) bond motifs is 1. The third kappa shape index (κ3) is 3.06. The number of hydrogen-bond donors (Lipinski definition) is 1. The summed E-state index contributed by atoms with van der Waals surface area (Å²) in [6.45, 7) is 4.71. The molecule has 2 saturated heterocycles. The minimum absolute atomic E-state index is 0. The van der Waals surface area contributed by atoms with Crippen LogP contribution in [0.5, 0.6) is 0 Å². The number of carbonyl (C=O) groups excluding carboxylic acids is 1. The van der Waals surface area contributed by atoms with E-state index in [-0.39, 0.29) is 23.1 Å². The Morgan fingerprint density at radius 3 is 2.50 bits per heavy atom. The normalized spacial score (nSPS) is 24.8. The van der Waals surface area contributed by atoms with E-state index in [4.69, 9.17) is 0 Å². The van der Waals surface area contributed by atoms with Crippen LogP contribution in [0.3, 0.4) is 0 Å². The van der Waals surface area contributed by atoms with Gasteiger partial charge in [-0.2, -0.15) is 4.31 Å². The van der Waals surface area contributed by atoms with Crippen molar-refractivity contribution in [3.63, 3.8) is 0 Å². The van der Waals surface area contributed by atoms with Crippen LogP contribution in [0.4, 0.5) is 0 Å². The lowest BCUT2D eigenvalue weighted by Gasteiger charge is -2.17. The topological polar surface area (TPSA) is 66.5 Å². The van der Waals surface area contributed by atoms with E-state index < -0.39 is 10.0 Å². The highest BCUT2D eigenvalue weighted by Gasteiger charge is 2.41. The van der Waals surface area contributed by atoms with Crippen molar-refractivity contribution in [3.8, 4) is 0 Å². The van der Waals surface area contributed by atoms with Crippen molar-refractivity contribution < 1.29 is 13.2 Å². The number of rotatable bonds is 4. The van der Waals surface area contributed by atoms with Gasteiger partial charge in [0.25, 0.3) is 0 Å². The molecule has 22 heavy (non-hydrogen) atoms. The standard InChI is InChI=1S/C15H20N2O3S.ClH/c1-2-15(18)11-4-3-5-14(6-11)21(19,20)17-9-12-7-16-8-13(12)10-17;/h3-6,12-13,16H,2,7-10H2,1H3;1H/t12-,13+;. The molecule has 0 amide bonds. The van der Waals surface area contributed by atoms with E-state index in [9.17, 15) is 13.2 Å². The summed E-state index contributed by atoms with van der Waals surface area (Å²) in [4.78, 5) is 12.0. The summed E-state index contributed by atoms with van der Waals surface area (Å²) in [6.07, 6.45) is 0.378. The SMILES string of the molecule is CCC(=O)c1cccc(S(=O)(=O)N2C[C@H]3CNC[C@H]3C2)c1.Cl. The smallest absolute Gasteiger partial charge is 0.243 e. The second-order valence-electron chi connectivity index (χ2n) is 5.80. The van der Waals surface area contributed by atoms with Crippen LogP contribution in [0.1, 0.15) is 23.7 Å². The predicted octanol–water partition coefficient (Wildman–Crippen LogP) is 1.54. The minimum atomic E-state index is -3.49. The third-order valence-corrected chi connectivity index (χ3v) is 6.30. The first-order valence-corrected chi connectivity index (χ1v) is 8.80. The Morgan fingerprint density at radius 2 is 1.91 bits per heavy atom. The van der Waals surface area contributed by atoms with E-state index in [2.05, 4.69) is 5.32 Å². The van der Waals surface area contributed by atoms with E-state index in [1.165, 1.54) is 6.07 Å². The van der Waals surface area contributed by atoms with Gasteiger partial charge in [0.05, 0.1) is 4.90 Å². The van der Waals surface area contributed by atoms with Crippen LogP contribution in [-0.4, -0.2) is 44.7 Å². The van der Waals surface area contributed by atoms with Crippen molar-refractivity contribution in [1.29, 1.82) is 0 Å². The monoisotopic (exact) mass is 344 g/mol. The van der Waals surface area contributed by atoms with Gasteiger partial charge in [0.15, 0.2) is 5.78 Å². The van der Waals surface area contributed by atoms with Gasteiger partial charge in [-0.05, 0) is 37.1 Å². The van der Waals surface area contributed by atoms with Crippen LogP contribution in [0.25, 0.3) is 0 Å². The molecule has 1 aromatic rings. The van der Waals surface area contributed by atoms with E-state index in [1.54, 1.807) is 29.4 Å². The molecule has 0 radical (unpaired) electrons. The fourth-order valence-corrected chi connectivity index (χ4v) is 4.79. The van der Waals surface area contributed by atoms with E-state index >= 15 is 0 Å². The Bertz CT molecular complexity index is 651. The lowest BCUT2D eigenvalue weighted by Crippen LogP contribution is -2.32. The number of benzene rings is 1. The quantitative estimate of drug-likeness (QED) is 0.841. The van der Waals surface area contributed by atoms with Crippen LogP contribution >= 0.6 is 12.4 Å². The molecule has 0 aliphatic carbocycles. The number of Topliss-reactive ketones (excluding diaryl/α,β-unsaturated/α-hetero) is 1. The maximum Gasteiger partial charge on any atom is 0.243 e. The summed E-state index contributed by atoms with van der Waals surface area (Å²) in [5.41, 5.74) is 0.472. The number of sulfonamides is 1. The number of nitrogens with one attached hydrogen (secondary N) is 1. The van der Waals surface area contributed by atoms with E-state index in [1.807, 2.05) is 0 Å². The molecule has 0 aromatic heterocycles. The first-order valence-electron chi connectivity index (χ1n) is 7.36. The lowest BCUT2D eigenvalue weighted by atomic mass is 10.0. The van der Waals surface area contributed by atoms with Gasteiger partial charge < -0.3 is 5.32 Å². The van der Waals surface area contributed by atoms with E-state index in [0.717, 1.165) is 13.1 Å². The second-order valence-corrected chi connectivity index (χ2v) is 7.74. The van der Waals surface area contributed by atoms with Gasteiger partial charge >= 0.3 is 0 Å². The molecule has 2 fully saturated rings. The molecule has 122 valence electrons. The van der Waals surface area contributed by atoms with Crippen molar-refractivity contribution in [2.75, 3.05) is 26.2 Å². The van der Waals surface area contributed by atoms with Crippen molar-refractivity contribution in [3.05, 3.63) is 29.8 Å². The van der Waals surface area contributed by atoms with Crippen molar-refractivity contribution >= 4 is 28.2 Å². The number of nitrogens with zero attached hydrogens (tertiary/aromatic N) is 1. The van der Waals surface area contributed by atoms with Gasteiger partial charge in [-0.15, -0.1) is 12.4 Å². The number of carbonyl (C=O) groups is 1. The highest BCUT2D eigenvalue weighted by molar-refractivity contribution is 7.89. The van der Waals surface area contributed by atoms with Crippen LogP contribution in [0, 0.1) is 11.8 Å². The number of halogens is 1. The zero-order chi connectivity index (χ0) is 15.0. The molecule has 2 aliphatic heterocycles. The highest BCUT2D eigenvalue weighted by atomic mass is 35.5. The van der Waals surface area contributed by atoms with Crippen LogP contribution in [0.15, 0.2) is 29.2 Å². The molecule has 7 heteroatoms. The molecule has 0 spiro atoms. The zero-order valence-electron chi connectivity index (χ0n) is 12.5. The largest absolute Gasteiger partial charge is 0.316 e. The minimum Gasteiger partial charge on any atom is -0.316 e. The van der Waals surface area contributed by atoms with Gasteiger partial charge in [-0.3, -0.25) is 4.79 Å². The summed E-state index contributed by atoms with van der Waals surface area (Å²) < 4.78 is 27.0. The van der Waals surface area contributed by atoms with Gasteiger partial charge in [0.1, 0.15) is 0 Å².